The number of unbranched alkanes of at least 4 members (excludes halogenated alkanes) is 1. The summed E-state index contributed by atoms with van der Waals surface area (Å²) in [5.74, 6) is 0. The van der Waals surface area contributed by atoms with E-state index in [1.54, 1.807) is 0 Å². The minimum absolute atomic E-state index is 1.01. The number of benzene rings is 1. The molecular formula is C12H16BrN. The second-order valence-electron chi connectivity index (χ2n) is 3.32. The Morgan fingerprint density at radius 3 is 2.93 bits per heavy atom. The summed E-state index contributed by atoms with van der Waals surface area (Å²) in [5, 5.41) is 3.38. The zero-order valence-corrected chi connectivity index (χ0v) is 10.1. The van der Waals surface area contributed by atoms with Crippen LogP contribution in [0.4, 0.5) is 5.69 Å². The summed E-state index contributed by atoms with van der Waals surface area (Å²) in [6.45, 7) is 6.80. The van der Waals surface area contributed by atoms with Crippen LogP contribution in [-0.2, 0) is 0 Å². The smallest absolute Gasteiger partial charge is 0.0343 e. The first-order valence-corrected chi connectivity index (χ1v) is 5.64. The molecule has 0 bridgehead atoms. The molecule has 0 aliphatic heterocycles. The zero-order chi connectivity index (χ0) is 10.4. The Morgan fingerprint density at radius 2 is 2.29 bits per heavy atom. The van der Waals surface area contributed by atoms with E-state index < -0.39 is 0 Å². The van der Waals surface area contributed by atoms with E-state index in [0.29, 0.717) is 0 Å². The fraction of sp³-hybridized carbons (Fsp3) is 0.333. The van der Waals surface area contributed by atoms with E-state index in [2.05, 4.69) is 52.9 Å². The summed E-state index contributed by atoms with van der Waals surface area (Å²) < 4.78 is 1.16. The third-order valence-electron chi connectivity index (χ3n) is 2.07. The minimum Gasteiger partial charge on any atom is -0.385 e. The molecule has 0 aromatic heterocycles. The summed E-state index contributed by atoms with van der Waals surface area (Å²) in [7, 11) is 0. The van der Waals surface area contributed by atoms with E-state index in [4.69, 9.17) is 0 Å². The maximum absolute atomic E-state index is 3.70. The summed E-state index contributed by atoms with van der Waals surface area (Å²) in [4.78, 5) is 0. The zero-order valence-electron chi connectivity index (χ0n) is 8.52. The van der Waals surface area contributed by atoms with Gasteiger partial charge in [0.1, 0.15) is 0 Å². The predicted octanol–water partition coefficient (Wildman–Crippen LogP) is 4.14. The molecule has 0 aliphatic rings. The largest absolute Gasteiger partial charge is 0.385 e. The molecule has 1 N–H and O–H groups in total. The molecule has 0 aliphatic carbocycles. The van der Waals surface area contributed by atoms with Crippen molar-refractivity contribution < 1.29 is 0 Å². The average molecular weight is 254 g/mol. The van der Waals surface area contributed by atoms with Gasteiger partial charge in [0, 0.05) is 16.7 Å². The molecule has 1 aromatic carbocycles. The van der Waals surface area contributed by atoms with Gasteiger partial charge in [0.15, 0.2) is 0 Å². The van der Waals surface area contributed by atoms with Crippen molar-refractivity contribution >= 4 is 21.6 Å². The van der Waals surface area contributed by atoms with Crippen LogP contribution in [0.25, 0.3) is 0 Å². The highest BCUT2D eigenvalue weighted by Crippen LogP contribution is 2.19. The maximum Gasteiger partial charge on any atom is 0.0343 e. The van der Waals surface area contributed by atoms with E-state index in [0.717, 1.165) is 23.9 Å². The van der Waals surface area contributed by atoms with Crippen molar-refractivity contribution in [1.29, 1.82) is 0 Å². The highest BCUT2D eigenvalue weighted by atomic mass is 79.9. The van der Waals surface area contributed by atoms with Gasteiger partial charge in [-0.15, -0.1) is 6.58 Å². The number of aryl methyl sites for hydroxylation is 1. The Morgan fingerprint density at radius 1 is 1.50 bits per heavy atom. The molecular weight excluding hydrogens is 238 g/mol. The molecule has 1 nitrogen and oxygen atoms in total. The second-order valence-corrected chi connectivity index (χ2v) is 4.18. The normalized spacial score (nSPS) is 9.86. The monoisotopic (exact) mass is 253 g/mol. The molecule has 14 heavy (non-hydrogen) atoms. The molecule has 0 heterocycles. The lowest BCUT2D eigenvalue weighted by Gasteiger charge is -2.07. The number of allylic oxidation sites excluding steroid dienone is 1. The van der Waals surface area contributed by atoms with Crippen LogP contribution in [0.5, 0.6) is 0 Å². The van der Waals surface area contributed by atoms with Gasteiger partial charge in [0.2, 0.25) is 0 Å². The van der Waals surface area contributed by atoms with Crippen LogP contribution in [0.2, 0.25) is 0 Å². The van der Waals surface area contributed by atoms with Crippen LogP contribution < -0.4 is 5.32 Å². The van der Waals surface area contributed by atoms with Gasteiger partial charge in [-0.2, -0.15) is 0 Å². The third-order valence-corrected chi connectivity index (χ3v) is 2.96. The lowest BCUT2D eigenvalue weighted by molar-refractivity contribution is 0.891. The Kier molecular flexibility index (Phi) is 4.74. The molecule has 1 rings (SSSR count). The molecule has 0 unspecified atom stereocenters. The summed E-state index contributed by atoms with van der Waals surface area (Å²) in [6.07, 6.45) is 4.16. The van der Waals surface area contributed by atoms with Crippen LogP contribution in [-0.4, -0.2) is 6.54 Å². The second kappa shape index (κ2) is 5.86. The minimum atomic E-state index is 1.01. The number of hydrogen-bond donors (Lipinski definition) is 1. The fourth-order valence-corrected chi connectivity index (χ4v) is 1.48. The van der Waals surface area contributed by atoms with Gasteiger partial charge < -0.3 is 5.32 Å². The molecule has 2 heteroatoms. The third kappa shape index (κ3) is 3.54. The van der Waals surface area contributed by atoms with Crippen molar-refractivity contribution in [2.45, 2.75) is 19.8 Å². The molecule has 1 aromatic rings. The Labute approximate surface area is 94.3 Å². The van der Waals surface area contributed by atoms with E-state index in [1.807, 2.05) is 6.08 Å². The lowest BCUT2D eigenvalue weighted by atomic mass is 10.2. The van der Waals surface area contributed by atoms with Crippen LogP contribution >= 0.6 is 15.9 Å². The van der Waals surface area contributed by atoms with E-state index in [9.17, 15) is 0 Å². The summed E-state index contributed by atoms with van der Waals surface area (Å²) >= 11 is 3.48. The number of nitrogens with one attached hydrogen (secondary N) is 1. The predicted molar refractivity (Wildman–Crippen MR) is 66.8 cm³/mol. The van der Waals surface area contributed by atoms with Crippen LogP contribution in [0.1, 0.15) is 18.4 Å². The average Bonchev–Trinajstić information content (AvgIpc) is 2.18. The van der Waals surface area contributed by atoms with Crippen molar-refractivity contribution in [2.75, 3.05) is 11.9 Å². The van der Waals surface area contributed by atoms with E-state index in [1.165, 1.54) is 11.3 Å². The number of hydrogen-bond acceptors (Lipinski definition) is 1. The molecule has 0 spiro atoms. The number of halogens is 1. The van der Waals surface area contributed by atoms with Crippen LogP contribution in [0.15, 0.2) is 35.3 Å². The van der Waals surface area contributed by atoms with E-state index >= 15 is 0 Å². The van der Waals surface area contributed by atoms with Gasteiger partial charge in [0.25, 0.3) is 0 Å². The highest BCUT2D eigenvalue weighted by molar-refractivity contribution is 9.10. The van der Waals surface area contributed by atoms with E-state index in [-0.39, 0.29) is 0 Å². The van der Waals surface area contributed by atoms with Crippen molar-refractivity contribution in [3.05, 3.63) is 40.9 Å². The van der Waals surface area contributed by atoms with Crippen molar-refractivity contribution in [2.24, 2.45) is 0 Å². The number of anilines is 1. The molecule has 0 fully saturated rings. The molecule has 0 atom stereocenters. The molecule has 0 amide bonds. The topological polar surface area (TPSA) is 12.0 Å². The first-order valence-electron chi connectivity index (χ1n) is 4.85. The van der Waals surface area contributed by atoms with Gasteiger partial charge in [0.05, 0.1) is 0 Å². The van der Waals surface area contributed by atoms with Gasteiger partial charge in [-0.05, 0) is 43.5 Å². The highest BCUT2D eigenvalue weighted by Gasteiger charge is 1.95. The number of rotatable bonds is 5. The standard InChI is InChI=1S/C12H16BrN/c1-3-4-5-8-14-11-6-7-12(13)10(2)9-11/h3,6-7,9,14H,1,4-5,8H2,2H3. The van der Waals surface area contributed by atoms with Crippen LogP contribution in [0, 0.1) is 6.92 Å². The Hall–Kier alpha value is -0.760. The first kappa shape index (κ1) is 11.3. The van der Waals surface area contributed by atoms with Gasteiger partial charge in [-0.1, -0.05) is 22.0 Å². The first-order chi connectivity index (χ1) is 6.74. The fourth-order valence-electron chi connectivity index (χ4n) is 1.23. The van der Waals surface area contributed by atoms with Crippen LogP contribution in [0.3, 0.4) is 0 Å². The molecule has 0 saturated carbocycles. The van der Waals surface area contributed by atoms with Gasteiger partial charge >= 0.3 is 0 Å². The molecule has 76 valence electrons. The molecule has 0 radical (unpaired) electrons. The van der Waals surface area contributed by atoms with Crippen molar-refractivity contribution in [3.8, 4) is 0 Å². The van der Waals surface area contributed by atoms with Gasteiger partial charge in [-0.25, -0.2) is 0 Å². The quantitative estimate of drug-likeness (QED) is 0.615. The van der Waals surface area contributed by atoms with Crippen molar-refractivity contribution in [3.63, 3.8) is 0 Å². The summed E-state index contributed by atoms with van der Waals surface area (Å²) in [6, 6.07) is 6.31. The SMILES string of the molecule is C=CCCCNc1ccc(Br)c(C)c1. The lowest BCUT2D eigenvalue weighted by Crippen LogP contribution is -2.00. The Balaban J connectivity index is 2.43. The maximum atomic E-state index is 3.70. The van der Waals surface area contributed by atoms with Gasteiger partial charge in [-0.3, -0.25) is 0 Å². The van der Waals surface area contributed by atoms with Crippen molar-refractivity contribution in [1.82, 2.24) is 0 Å². The molecule has 0 saturated heterocycles. The summed E-state index contributed by atoms with van der Waals surface area (Å²) in [5.41, 5.74) is 2.45. The Bertz CT molecular complexity index is 307.